The van der Waals surface area contributed by atoms with E-state index in [-0.39, 0.29) is 0 Å². The molecule has 1 aliphatic heterocycles. The highest BCUT2D eigenvalue weighted by Crippen LogP contribution is 2.27. The van der Waals surface area contributed by atoms with E-state index in [4.69, 9.17) is 4.74 Å². The molecule has 19 heavy (non-hydrogen) atoms. The van der Waals surface area contributed by atoms with E-state index in [9.17, 15) is 0 Å². The fourth-order valence-electron chi connectivity index (χ4n) is 2.84. The number of aryl methyl sites for hydroxylation is 2. The second kappa shape index (κ2) is 5.13. The van der Waals surface area contributed by atoms with Crippen LogP contribution in [-0.2, 0) is 18.3 Å². The summed E-state index contributed by atoms with van der Waals surface area (Å²) in [6, 6.07) is 0.732. The molecule has 0 aromatic carbocycles. The minimum atomic E-state index is 0.299. The number of ether oxygens (including phenoxy) is 1. The van der Waals surface area contributed by atoms with E-state index in [2.05, 4.69) is 29.2 Å². The van der Waals surface area contributed by atoms with Gasteiger partial charge in [-0.2, -0.15) is 5.10 Å². The molecule has 5 nitrogen and oxygen atoms in total. The SMILES string of the molecule is Cc1nn(C)c(N2CCOC(C)C2)c1CNC1CC1. The summed E-state index contributed by atoms with van der Waals surface area (Å²) in [5.41, 5.74) is 2.49. The second-order valence-electron chi connectivity index (χ2n) is 5.79. The maximum absolute atomic E-state index is 5.64. The van der Waals surface area contributed by atoms with Gasteiger partial charge in [-0.05, 0) is 26.7 Å². The van der Waals surface area contributed by atoms with Crippen LogP contribution in [0.15, 0.2) is 0 Å². The monoisotopic (exact) mass is 264 g/mol. The van der Waals surface area contributed by atoms with Gasteiger partial charge in [0.15, 0.2) is 0 Å². The van der Waals surface area contributed by atoms with Gasteiger partial charge in [-0.25, -0.2) is 0 Å². The molecule has 1 atom stereocenters. The summed E-state index contributed by atoms with van der Waals surface area (Å²) in [5, 5.41) is 8.21. The second-order valence-corrected chi connectivity index (χ2v) is 5.79. The summed E-state index contributed by atoms with van der Waals surface area (Å²) in [4.78, 5) is 2.41. The van der Waals surface area contributed by atoms with E-state index in [1.54, 1.807) is 0 Å². The van der Waals surface area contributed by atoms with Crippen molar-refractivity contribution in [3.63, 3.8) is 0 Å². The molecule has 1 aromatic rings. The topological polar surface area (TPSA) is 42.3 Å². The first-order valence-electron chi connectivity index (χ1n) is 7.27. The summed E-state index contributed by atoms with van der Waals surface area (Å²) in [7, 11) is 2.04. The van der Waals surface area contributed by atoms with Gasteiger partial charge in [0.1, 0.15) is 5.82 Å². The number of hydrogen-bond donors (Lipinski definition) is 1. The van der Waals surface area contributed by atoms with Gasteiger partial charge in [-0.3, -0.25) is 4.68 Å². The molecule has 1 saturated carbocycles. The fourth-order valence-corrected chi connectivity index (χ4v) is 2.84. The Bertz CT molecular complexity index is 453. The van der Waals surface area contributed by atoms with E-state index in [1.807, 2.05) is 11.7 Å². The fraction of sp³-hybridized carbons (Fsp3) is 0.786. The van der Waals surface area contributed by atoms with Crippen molar-refractivity contribution in [2.24, 2.45) is 7.05 Å². The summed E-state index contributed by atoms with van der Waals surface area (Å²) < 4.78 is 7.66. The Kier molecular flexibility index (Phi) is 3.50. The quantitative estimate of drug-likeness (QED) is 0.887. The lowest BCUT2D eigenvalue weighted by Crippen LogP contribution is -2.42. The molecule has 3 rings (SSSR count). The largest absolute Gasteiger partial charge is 0.375 e. The maximum Gasteiger partial charge on any atom is 0.131 e. The van der Waals surface area contributed by atoms with Gasteiger partial charge in [0.25, 0.3) is 0 Å². The molecule has 2 heterocycles. The van der Waals surface area contributed by atoms with E-state index in [0.717, 1.165) is 38.0 Å². The highest BCUT2D eigenvalue weighted by Gasteiger charge is 2.26. The third-order valence-corrected chi connectivity index (χ3v) is 4.00. The first-order chi connectivity index (χ1) is 9.15. The van der Waals surface area contributed by atoms with Gasteiger partial charge in [-0.1, -0.05) is 0 Å². The average Bonchev–Trinajstić information content (AvgIpc) is 3.13. The number of rotatable bonds is 4. The predicted molar refractivity (Wildman–Crippen MR) is 75.4 cm³/mol. The molecule has 1 aromatic heterocycles. The Hall–Kier alpha value is -1.07. The standard InChI is InChI=1S/C14H24N4O/c1-10-9-18(6-7-19-10)14-13(8-15-12-4-5-12)11(2)16-17(14)3/h10,12,15H,4-9H2,1-3H3. The Morgan fingerprint density at radius 2 is 2.21 bits per heavy atom. The molecular formula is C14H24N4O. The molecule has 0 bridgehead atoms. The lowest BCUT2D eigenvalue weighted by atomic mass is 10.2. The Morgan fingerprint density at radius 3 is 2.89 bits per heavy atom. The zero-order valence-electron chi connectivity index (χ0n) is 12.1. The van der Waals surface area contributed by atoms with E-state index in [0.29, 0.717) is 6.10 Å². The van der Waals surface area contributed by atoms with Crippen molar-refractivity contribution in [1.29, 1.82) is 0 Å². The molecule has 2 fully saturated rings. The number of nitrogens with zero attached hydrogens (tertiary/aromatic N) is 3. The van der Waals surface area contributed by atoms with Crippen LogP contribution in [0.4, 0.5) is 5.82 Å². The van der Waals surface area contributed by atoms with Crippen LogP contribution in [0.5, 0.6) is 0 Å². The van der Waals surface area contributed by atoms with Crippen LogP contribution < -0.4 is 10.2 Å². The molecular weight excluding hydrogens is 240 g/mol. The van der Waals surface area contributed by atoms with Crippen molar-refractivity contribution >= 4 is 5.82 Å². The number of aromatic nitrogens is 2. The number of hydrogen-bond acceptors (Lipinski definition) is 4. The van der Waals surface area contributed by atoms with Crippen molar-refractivity contribution in [2.45, 2.75) is 45.4 Å². The lowest BCUT2D eigenvalue weighted by Gasteiger charge is -2.33. The first kappa shape index (κ1) is 12.9. The first-order valence-corrected chi connectivity index (χ1v) is 7.27. The number of nitrogens with one attached hydrogen (secondary N) is 1. The molecule has 1 saturated heterocycles. The van der Waals surface area contributed by atoms with Gasteiger partial charge < -0.3 is 15.0 Å². The van der Waals surface area contributed by atoms with E-state index >= 15 is 0 Å². The molecule has 0 radical (unpaired) electrons. The summed E-state index contributed by atoms with van der Waals surface area (Å²) in [6.07, 6.45) is 2.94. The van der Waals surface area contributed by atoms with Crippen LogP contribution in [0.25, 0.3) is 0 Å². The molecule has 2 aliphatic rings. The molecule has 0 spiro atoms. The summed E-state index contributed by atoms with van der Waals surface area (Å²) >= 11 is 0. The van der Waals surface area contributed by atoms with Crippen LogP contribution in [0.2, 0.25) is 0 Å². The predicted octanol–water partition coefficient (Wildman–Crippen LogP) is 1.21. The van der Waals surface area contributed by atoms with Gasteiger partial charge in [0, 0.05) is 38.3 Å². The zero-order chi connectivity index (χ0) is 13.4. The van der Waals surface area contributed by atoms with Crippen molar-refractivity contribution in [3.8, 4) is 0 Å². The summed E-state index contributed by atoms with van der Waals surface area (Å²) in [6.45, 7) is 7.90. The van der Waals surface area contributed by atoms with Gasteiger partial charge in [-0.15, -0.1) is 0 Å². The van der Waals surface area contributed by atoms with Crippen LogP contribution in [0, 0.1) is 6.92 Å². The summed E-state index contributed by atoms with van der Waals surface area (Å²) in [5.74, 6) is 1.26. The Labute approximate surface area is 114 Å². The number of anilines is 1. The van der Waals surface area contributed by atoms with Crippen LogP contribution in [0.1, 0.15) is 31.0 Å². The van der Waals surface area contributed by atoms with Crippen LogP contribution in [-0.4, -0.2) is 41.6 Å². The maximum atomic E-state index is 5.64. The Balaban J connectivity index is 1.81. The van der Waals surface area contributed by atoms with Gasteiger partial charge >= 0.3 is 0 Å². The molecule has 1 unspecified atom stereocenters. The van der Waals surface area contributed by atoms with Crippen LogP contribution >= 0.6 is 0 Å². The van der Waals surface area contributed by atoms with Crippen molar-refractivity contribution in [1.82, 2.24) is 15.1 Å². The molecule has 106 valence electrons. The minimum Gasteiger partial charge on any atom is -0.375 e. The van der Waals surface area contributed by atoms with E-state index < -0.39 is 0 Å². The van der Waals surface area contributed by atoms with Gasteiger partial charge in [0.05, 0.1) is 18.4 Å². The van der Waals surface area contributed by atoms with Crippen LogP contribution in [0.3, 0.4) is 0 Å². The average molecular weight is 264 g/mol. The molecule has 1 N–H and O–H groups in total. The Morgan fingerprint density at radius 1 is 1.42 bits per heavy atom. The zero-order valence-corrected chi connectivity index (χ0v) is 12.1. The molecule has 1 aliphatic carbocycles. The molecule has 5 heteroatoms. The van der Waals surface area contributed by atoms with Crippen molar-refractivity contribution in [3.05, 3.63) is 11.3 Å². The third-order valence-electron chi connectivity index (χ3n) is 4.00. The van der Waals surface area contributed by atoms with Crippen molar-refractivity contribution < 1.29 is 4.74 Å². The number of morpholine rings is 1. The third kappa shape index (κ3) is 2.77. The normalized spacial score (nSPS) is 23.9. The highest BCUT2D eigenvalue weighted by atomic mass is 16.5. The highest BCUT2D eigenvalue weighted by molar-refractivity contribution is 5.50. The smallest absolute Gasteiger partial charge is 0.131 e. The van der Waals surface area contributed by atoms with E-state index in [1.165, 1.54) is 24.2 Å². The minimum absolute atomic E-state index is 0.299. The van der Waals surface area contributed by atoms with Gasteiger partial charge in [0.2, 0.25) is 0 Å². The lowest BCUT2D eigenvalue weighted by molar-refractivity contribution is 0.0526. The van der Waals surface area contributed by atoms with Crippen molar-refractivity contribution in [2.75, 3.05) is 24.6 Å². The molecule has 0 amide bonds.